The maximum Gasteiger partial charge on any atom is 0.194 e. The van der Waals surface area contributed by atoms with Gasteiger partial charge >= 0.3 is 0 Å². The number of rotatable bonds is 0. The van der Waals surface area contributed by atoms with Crippen LogP contribution in [0.25, 0.3) is 38.7 Å². The molecule has 0 saturated carbocycles. The molecule has 0 bridgehead atoms. The summed E-state index contributed by atoms with van der Waals surface area (Å²) in [6, 6.07) is 13.2. The first-order valence-corrected chi connectivity index (χ1v) is 7.70. The molecule has 2 heteroatoms. The van der Waals surface area contributed by atoms with Crippen molar-refractivity contribution in [2.24, 2.45) is 0 Å². The zero-order chi connectivity index (χ0) is 15.6. The van der Waals surface area contributed by atoms with Crippen LogP contribution in [0.1, 0.15) is 5.56 Å². The Balaban J connectivity index is 2.27. The van der Waals surface area contributed by atoms with Crippen LogP contribution in [0.15, 0.2) is 64.2 Å². The number of hydrogen-bond donors (Lipinski definition) is 0. The van der Waals surface area contributed by atoms with Crippen molar-refractivity contribution in [1.82, 2.24) is 0 Å². The minimum Gasteiger partial charge on any atom is -0.289 e. The Kier molecular flexibility index (Phi) is 2.32. The van der Waals surface area contributed by atoms with Crippen molar-refractivity contribution >= 4 is 27.6 Å². The van der Waals surface area contributed by atoms with Crippen LogP contribution in [-0.4, -0.2) is 0 Å². The van der Waals surface area contributed by atoms with Crippen LogP contribution in [0.5, 0.6) is 0 Å². The minimum absolute atomic E-state index is 0.00776. The lowest BCUT2D eigenvalue weighted by Gasteiger charge is -2.19. The Morgan fingerprint density at radius 3 is 2.22 bits per heavy atom. The zero-order valence-corrected chi connectivity index (χ0v) is 12.3. The first kappa shape index (κ1) is 12.5. The van der Waals surface area contributed by atoms with E-state index in [9.17, 15) is 9.59 Å². The summed E-state index contributed by atoms with van der Waals surface area (Å²) in [6.07, 6.45) is 6.61. The molecule has 2 aromatic carbocycles. The second-order valence-corrected chi connectivity index (χ2v) is 6.00. The van der Waals surface area contributed by atoms with Gasteiger partial charge in [0.05, 0.1) is 0 Å². The summed E-state index contributed by atoms with van der Waals surface area (Å²) in [5.41, 5.74) is 2.95. The molecule has 0 spiro atoms. The monoisotopic (exact) mass is 296 g/mol. The molecule has 0 unspecified atom stereocenters. The van der Waals surface area contributed by atoms with E-state index in [1.165, 1.54) is 0 Å². The fourth-order valence-electron chi connectivity index (χ4n) is 3.85. The maximum absolute atomic E-state index is 12.9. The zero-order valence-electron chi connectivity index (χ0n) is 12.3. The van der Waals surface area contributed by atoms with Gasteiger partial charge in [-0.15, -0.1) is 0 Å². The van der Waals surface area contributed by atoms with Crippen LogP contribution < -0.4 is 16.1 Å². The van der Waals surface area contributed by atoms with Crippen molar-refractivity contribution < 1.29 is 0 Å². The Labute approximate surface area is 131 Å². The van der Waals surface area contributed by atoms with Gasteiger partial charge in [0.25, 0.3) is 0 Å². The van der Waals surface area contributed by atoms with Gasteiger partial charge in [-0.05, 0) is 22.9 Å². The van der Waals surface area contributed by atoms with Crippen molar-refractivity contribution in [1.29, 1.82) is 0 Å². The van der Waals surface area contributed by atoms with Gasteiger partial charge in [0.1, 0.15) is 0 Å². The Hall–Kier alpha value is -3.00. The van der Waals surface area contributed by atoms with E-state index in [-0.39, 0.29) is 10.9 Å². The maximum atomic E-state index is 12.9. The van der Waals surface area contributed by atoms with E-state index >= 15 is 0 Å². The van der Waals surface area contributed by atoms with E-state index in [2.05, 4.69) is 6.08 Å². The van der Waals surface area contributed by atoms with Crippen LogP contribution in [-0.2, 0) is 6.42 Å². The van der Waals surface area contributed by atoms with E-state index in [1.807, 2.05) is 48.6 Å². The summed E-state index contributed by atoms with van der Waals surface area (Å²) < 4.78 is 0. The van der Waals surface area contributed by atoms with Gasteiger partial charge in [0.15, 0.2) is 10.9 Å². The third-order valence-electron chi connectivity index (χ3n) is 4.84. The predicted molar refractivity (Wildman–Crippen MR) is 94.3 cm³/mol. The van der Waals surface area contributed by atoms with Crippen LogP contribution in [0.4, 0.5) is 0 Å². The highest BCUT2D eigenvalue weighted by Crippen LogP contribution is 2.36. The van der Waals surface area contributed by atoms with Crippen molar-refractivity contribution in [3.05, 3.63) is 85.8 Å². The number of allylic oxidation sites excluding steroid dienone is 2. The molecule has 0 fully saturated rings. The molecule has 0 atom stereocenters. The van der Waals surface area contributed by atoms with Gasteiger partial charge in [0, 0.05) is 26.9 Å². The van der Waals surface area contributed by atoms with E-state index in [0.717, 1.165) is 39.1 Å². The van der Waals surface area contributed by atoms with Crippen LogP contribution >= 0.6 is 0 Å². The molecule has 0 heterocycles. The highest BCUT2D eigenvalue weighted by atomic mass is 16.1. The summed E-state index contributed by atoms with van der Waals surface area (Å²) in [6.45, 7) is 0. The Morgan fingerprint density at radius 1 is 0.696 bits per heavy atom. The lowest BCUT2D eigenvalue weighted by atomic mass is 9.82. The summed E-state index contributed by atoms with van der Waals surface area (Å²) >= 11 is 0. The van der Waals surface area contributed by atoms with Gasteiger partial charge in [-0.1, -0.05) is 60.7 Å². The standard InChI is InChI=1S/C21H12O2/c22-20-14-8-3-1-6-12(14)18-13-7-2-4-9-15(13)21(23)17-11-5-10-16(20)19(17)18/h1-6,8-11H,7H2. The van der Waals surface area contributed by atoms with Gasteiger partial charge < -0.3 is 0 Å². The summed E-state index contributed by atoms with van der Waals surface area (Å²) in [7, 11) is 0. The molecule has 2 nitrogen and oxygen atoms in total. The molecule has 0 saturated heterocycles. The van der Waals surface area contributed by atoms with Gasteiger partial charge in [0.2, 0.25) is 0 Å². The predicted octanol–water partition coefficient (Wildman–Crippen LogP) is 2.87. The average molecular weight is 296 g/mol. The Bertz CT molecular complexity index is 1270. The van der Waals surface area contributed by atoms with Crippen LogP contribution in [0, 0.1) is 0 Å². The highest BCUT2D eigenvalue weighted by Gasteiger charge is 2.23. The molecule has 0 radical (unpaired) electrons. The molecule has 2 aromatic rings. The molecule has 0 amide bonds. The normalized spacial score (nSPS) is 13.6. The average Bonchev–Trinajstić information content (AvgIpc) is 2.61. The second kappa shape index (κ2) is 4.26. The molecule has 0 N–H and O–H groups in total. The van der Waals surface area contributed by atoms with Gasteiger partial charge in [-0.25, -0.2) is 0 Å². The van der Waals surface area contributed by atoms with Gasteiger partial charge in [-0.3, -0.25) is 9.59 Å². The molecule has 0 aliphatic heterocycles. The SMILES string of the molecule is O=c1c2c(c3c4ccccc4c(=O)c4cccc1c4-3)CC=CC=2. The van der Waals surface area contributed by atoms with Crippen LogP contribution in [0.2, 0.25) is 0 Å². The molecule has 23 heavy (non-hydrogen) atoms. The fourth-order valence-corrected chi connectivity index (χ4v) is 3.85. The van der Waals surface area contributed by atoms with Crippen molar-refractivity contribution in [3.63, 3.8) is 0 Å². The van der Waals surface area contributed by atoms with Crippen LogP contribution in [0.3, 0.4) is 0 Å². The fraction of sp³-hybridized carbons (Fsp3) is 0.0476. The second-order valence-electron chi connectivity index (χ2n) is 6.00. The molecule has 108 valence electrons. The Morgan fingerprint density at radius 2 is 1.39 bits per heavy atom. The van der Waals surface area contributed by atoms with E-state index in [0.29, 0.717) is 10.8 Å². The topological polar surface area (TPSA) is 34.1 Å². The quantitative estimate of drug-likeness (QED) is 0.369. The van der Waals surface area contributed by atoms with Gasteiger partial charge in [-0.2, -0.15) is 0 Å². The third kappa shape index (κ3) is 1.48. The van der Waals surface area contributed by atoms with E-state index in [1.54, 1.807) is 6.07 Å². The molecular formula is C21H12O2. The lowest BCUT2D eigenvalue weighted by Crippen LogP contribution is -2.32. The van der Waals surface area contributed by atoms with E-state index in [4.69, 9.17) is 0 Å². The lowest BCUT2D eigenvalue weighted by molar-refractivity contribution is 1.22. The van der Waals surface area contributed by atoms with Crippen molar-refractivity contribution in [2.75, 3.05) is 0 Å². The first-order chi connectivity index (χ1) is 11.3. The van der Waals surface area contributed by atoms with Crippen molar-refractivity contribution in [3.8, 4) is 11.1 Å². The molecule has 5 rings (SSSR count). The number of fused-ring (bicyclic) bond motifs is 4. The molecule has 0 aromatic heterocycles. The third-order valence-corrected chi connectivity index (χ3v) is 4.84. The summed E-state index contributed by atoms with van der Waals surface area (Å²) in [5, 5.41) is 3.72. The first-order valence-electron chi connectivity index (χ1n) is 7.70. The summed E-state index contributed by atoms with van der Waals surface area (Å²) in [5.74, 6) is 0. The van der Waals surface area contributed by atoms with Crippen molar-refractivity contribution in [2.45, 2.75) is 6.42 Å². The molecule has 3 aliphatic carbocycles. The minimum atomic E-state index is 0.00776. The number of hydrogen-bond acceptors (Lipinski definition) is 2. The number of benzene rings is 4. The molecular weight excluding hydrogens is 284 g/mol. The largest absolute Gasteiger partial charge is 0.289 e. The summed E-state index contributed by atoms with van der Waals surface area (Å²) in [4.78, 5) is 25.7. The smallest absolute Gasteiger partial charge is 0.194 e. The van der Waals surface area contributed by atoms with E-state index < -0.39 is 0 Å². The highest BCUT2D eigenvalue weighted by molar-refractivity contribution is 6.12. The molecule has 3 aliphatic rings.